The minimum Gasteiger partial charge on any atom is -0.750 e. The molecule has 0 amide bonds. The Kier molecular flexibility index (Phi) is 7.69. The lowest BCUT2D eigenvalue weighted by atomic mass is 10.2. The highest BCUT2D eigenvalue weighted by Crippen LogP contribution is 1.88. The first-order valence-electron chi connectivity index (χ1n) is 4.06. The molecule has 0 rings (SSSR count). The maximum absolute atomic E-state index is 9.90. The van der Waals surface area contributed by atoms with Crippen molar-refractivity contribution in [1.29, 1.82) is 0 Å². The normalized spacial score (nSPS) is 13.7. The predicted molar refractivity (Wildman–Crippen MR) is 47.2 cm³/mol. The summed E-state index contributed by atoms with van der Waals surface area (Å²) < 4.78 is 24.1. The molecule has 0 aliphatic rings. The molecule has 0 spiro atoms. The van der Waals surface area contributed by atoms with E-state index in [1.807, 2.05) is 0 Å². The van der Waals surface area contributed by atoms with Crippen LogP contribution < -0.4 is 5.32 Å². The van der Waals surface area contributed by atoms with Crippen molar-refractivity contribution in [1.82, 2.24) is 5.32 Å². The minimum atomic E-state index is -2.36. The van der Waals surface area contributed by atoms with E-state index in [1.54, 1.807) is 0 Å². The molecule has 1 atom stereocenters. The average Bonchev–Trinajstić information content (AvgIpc) is 1.95. The zero-order valence-corrected chi connectivity index (χ0v) is 8.36. The summed E-state index contributed by atoms with van der Waals surface area (Å²) in [6.07, 6.45) is 0.723. The number of nitrogens with one attached hydrogen (secondary N) is 1. The second-order valence-corrected chi connectivity index (χ2v) is 3.62. The molecule has 5 heteroatoms. The van der Waals surface area contributed by atoms with Crippen molar-refractivity contribution in [2.45, 2.75) is 20.3 Å². The van der Waals surface area contributed by atoms with Gasteiger partial charge in [-0.25, -0.2) is 4.21 Å². The molecule has 1 N–H and O–H groups in total. The molecule has 0 saturated carbocycles. The van der Waals surface area contributed by atoms with Gasteiger partial charge in [-0.2, -0.15) is 0 Å². The van der Waals surface area contributed by atoms with Crippen molar-refractivity contribution < 1.29 is 12.9 Å². The predicted octanol–water partition coefficient (Wildman–Crippen LogP) is 0.433. The lowest BCUT2D eigenvalue weighted by Crippen LogP contribution is -2.21. The third-order valence-electron chi connectivity index (χ3n) is 1.23. The van der Waals surface area contributed by atoms with Gasteiger partial charge in [0.2, 0.25) is 0 Å². The molecule has 0 saturated heterocycles. The van der Waals surface area contributed by atoms with E-state index in [0.29, 0.717) is 5.92 Å². The summed E-state index contributed by atoms with van der Waals surface area (Å²) in [5.74, 6) is 0.625. The van der Waals surface area contributed by atoms with Crippen LogP contribution in [0.3, 0.4) is 0 Å². The molecule has 0 radical (unpaired) electrons. The highest BCUT2D eigenvalue weighted by molar-refractivity contribution is 7.74. The Balaban J connectivity index is 2.96. The molecule has 4 nitrogen and oxygen atoms in total. The molecule has 0 aromatic rings. The van der Waals surface area contributed by atoms with Gasteiger partial charge in [0.1, 0.15) is 0 Å². The van der Waals surface area contributed by atoms with Gasteiger partial charge in [-0.15, -0.1) is 0 Å². The Bertz CT molecular complexity index is 130. The van der Waals surface area contributed by atoms with Crippen LogP contribution in [0.15, 0.2) is 0 Å². The second-order valence-electron chi connectivity index (χ2n) is 2.98. The van der Waals surface area contributed by atoms with E-state index in [-0.39, 0.29) is 6.61 Å². The Morgan fingerprint density at radius 2 is 2.25 bits per heavy atom. The highest BCUT2D eigenvalue weighted by Gasteiger charge is 1.92. The molecule has 0 fully saturated rings. The van der Waals surface area contributed by atoms with Crippen LogP contribution in [-0.4, -0.2) is 28.5 Å². The van der Waals surface area contributed by atoms with Crippen LogP contribution in [0.1, 0.15) is 20.3 Å². The van der Waals surface area contributed by atoms with Crippen LogP contribution in [0.2, 0.25) is 0 Å². The summed E-state index contributed by atoms with van der Waals surface area (Å²) in [6.45, 7) is 6.27. The zero-order chi connectivity index (χ0) is 9.40. The van der Waals surface area contributed by atoms with Gasteiger partial charge in [-0.05, 0) is 25.4 Å². The van der Waals surface area contributed by atoms with Crippen molar-refractivity contribution in [2.75, 3.05) is 19.7 Å². The van der Waals surface area contributed by atoms with E-state index in [4.69, 9.17) is 0 Å². The molecule has 0 aliphatic heterocycles. The fourth-order valence-corrected chi connectivity index (χ4v) is 0.969. The van der Waals surface area contributed by atoms with Crippen LogP contribution in [-0.2, 0) is 15.5 Å². The molecule has 0 bridgehead atoms. The first-order valence-corrected chi connectivity index (χ1v) is 5.06. The molecule has 0 aromatic carbocycles. The molecule has 74 valence electrons. The van der Waals surface area contributed by atoms with Gasteiger partial charge < -0.3 is 14.1 Å². The van der Waals surface area contributed by atoms with Gasteiger partial charge in [0.15, 0.2) is 0 Å². The summed E-state index contributed by atoms with van der Waals surface area (Å²) >= 11 is -2.36. The fourth-order valence-electron chi connectivity index (χ4n) is 0.715. The topological polar surface area (TPSA) is 61.4 Å². The van der Waals surface area contributed by atoms with Crippen LogP contribution in [0.4, 0.5) is 0 Å². The molecule has 0 heterocycles. The highest BCUT2D eigenvalue weighted by atomic mass is 32.2. The van der Waals surface area contributed by atoms with Crippen molar-refractivity contribution in [2.24, 2.45) is 5.92 Å². The largest absolute Gasteiger partial charge is 0.750 e. The van der Waals surface area contributed by atoms with E-state index in [0.717, 1.165) is 19.5 Å². The monoisotopic (exact) mass is 194 g/mol. The maximum Gasteiger partial charge on any atom is 0.0842 e. The van der Waals surface area contributed by atoms with E-state index < -0.39 is 11.4 Å². The van der Waals surface area contributed by atoms with Crippen molar-refractivity contribution in [3.8, 4) is 0 Å². The van der Waals surface area contributed by atoms with Crippen molar-refractivity contribution in [3.63, 3.8) is 0 Å². The van der Waals surface area contributed by atoms with E-state index in [9.17, 15) is 8.76 Å². The molecule has 1 unspecified atom stereocenters. The third kappa shape index (κ3) is 10.0. The summed E-state index contributed by atoms with van der Waals surface area (Å²) in [5.41, 5.74) is 0. The first kappa shape index (κ1) is 12.0. The first-order chi connectivity index (χ1) is 5.63. The number of hydrogen-bond acceptors (Lipinski definition) is 4. The third-order valence-corrected chi connectivity index (χ3v) is 1.59. The minimum absolute atomic E-state index is 0.265. The van der Waals surface area contributed by atoms with Gasteiger partial charge >= 0.3 is 0 Å². The second kappa shape index (κ2) is 7.67. The standard InChI is InChI=1S/C7H17NO3S/c1-7(2)6-8-4-3-5-11-12(9)10/h7-8H,3-6H2,1-2H3,(H,9,10)/p-1. The van der Waals surface area contributed by atoms with Gasteiger partial charge in [0.25, 0.3) is 0 Å². The number of hydrogen-bond donors (Lipinski definition) is 1. The smallest absolute Gasteiger partial charge is 0.0842 e. The summed E-state index contributed by atoms with van der Waals surface area (Å²) in [4.78, 5) is 0. The number of rotatable bonds is 7. The van der Waals surface area contributed by atoms with E-state index >= 15 is 0 Å². The lowest BCUT2D eigenvalue weighted by molar-refractivity contribution is 0.293. The van der Waals surface area contributed by atoms with Crippen LogP contribution in [0, 0.1) is 5.92 Å². The van der Waals surface area contributed by atoms with Gasteiger partial charge in [0, 0.05) is 0 Å². The molecule has 0 aromatic heterocycles. The van der Waals surface area contributed by atoms with Gasteiger partial charge in [-0.1, -0.05) is 13.8 Å². The lowest BCUT2D eigenvalue weighted by Gasteiger charge is -2.08. The van der Waals surface area contributed by atoms with Crippen molar-refractivity contribution >= 4 is 11.4 Å². The van der Waals surface area contributed by atoms with Crippen LogP contribution in [0.25, 0.3) is 0 Å². The average molecular weight is 194 g/mol. The van der Waals surface area contributed by atoms with E-state index in [1.165, 1.54) is 0 Å². The van der Waals surface area contributed by atoms with E-state index in [2.05, 4.69) is 23.3 Å². The Hall–Kier alpha value is 0.0300. The molecule has 12 heavy (non-hydrogen) atoms. The summed E-state index contributed by atoms with van der Waals surface area (Å²) in [6, 6.07) is 0. The van der Waals surface area contributed by atoms with Crippen molar-refractivity contribution in [3.05, 3.63) is 0 Å². The molecular formula is C7H16NO3S-. The summed E-state index contributed by atoms with van der Waals surface area (Å²) in [7, 11) is 0. The summed E-state index contributed by atoms with van der Waals surface area (Å²) in [5, 5.41) is 3.18. The quantitative estimate of drug-likeness (QED) is 0.471. The molecule has 0 aliphatic carbocycles. The fraction of sp³-hybridized carbons (Fsp3) is 1.00. The SMILES string of the molecule is CC(C)CNCCCOS(=O)[O-]. The van der Waals surface area contributed by atoms with Gasteiger partial charge in [-0.3, -0.25) is 0 Å². The van der Waals surface area contributed by atoms with Gasteiger partial charge in [0.05, 0.1) is 18.0 Å². The Labute approximate surface area is 76.2 Å². The van der Waals surface area contributed by atoms with Crippen LogP contribution in [0.5, 0.6) is 0 Å². The maximum atomic E-state index is 9.90. The Morgan fingerprint density at radius 3 is 2.75 bits per heavy atom. The zero-order valence-electron chi connectivity index (χ0n) is 7.54. The molecular weight excluding hydrogens is 178 g/mol. The Morgan fingerprint density at radius 1 is 1.58 bits per heavy atom. The van der Waals surface area contributed by atoms with Crippen LogP contribution >= 0.6 is 0 Å².